The molecule has 0 aromatic carbocycles. The summed E-state index contributed by atoms with van der Waals surface area (Å²) in [4.78, 5) is 16.6. The Kier molecular flexibility index (Phi) is 2.28. The van der Waals surface area contributed by atoms with Gasteiger partial charge in [0.25, 0.3) is 5.56 Å². The second-order valence-electron chi connectivity index (χ2n) is 5.08. The molecule has 0 atom stereocenters. The lowest BCUT2D eigenvalue weighted by Crippen LogP contribution is -2.19. The summed E-state index contributed by atoms with van der Waals surface area (Å²) in [5.41, 5.74) is 1.98. The molecule has 1 fully saturated rings. The fourth-order valence-electron chi connectivity index (χ4n) is 2.15. The summed E-state index contributed by atoms with van der Waals surface area (Å²) in [6.45, 7) is 4.24. The molecule has 0 spiro atoms. The first-order valence-electron chi connectivity index (χ1n) is 6.19. The van der Waals surface area contributed by atoms with E-state index in [1.165, 1.54) is 0 Å². The number of fused-ring (bicyclic) bond motifs is 1. The molecule has 0 saturated heterocycles. The molecule has 0 unspecified atom stereocenters. The predicted octanol–water partition coefficient (Wildman–Crippen LogP) is 2.85. The van der Waals surface area contributed by atoms with Gasteiger partial charge in [-0.05, 0) is 37.0 Å². The van der Waals surface area contributed by atoms with Gasteiger partial charge in [-0.1, -0.05) is 13.8 Å². The van der Waals surface area contributed by atoms with E-state index in [1.54, 1.807) is 6.07 Å². The summed E-state index contributed by atoms with van der Waals surface area (Å²) < 4.78 is 1.86. The van der Waals surface area contributed by atoms with Crippen LogP contribution in [-0.4, -0.2) is 9.55 Å². The van der Waals surface area contributed by atoms with Gasteiger partial charge in [-0.15, -0.1) is 0 Å². The van der Waals surface area contributed by atoms with Crippen LogP contribution in [0.25, 0.3) is 11.0 Å². The minimum Gasteiger partial charge on any atom is -0.290 e. The first-order valence-corrected chi connectivity index (χ1v) is 6.19. The van der Waals surface area contributed by atoms with Crippen LogP contribution in [0.1, 0.15) is 44.3 Å². The van der Waals surface area contributed by atoms with Crippen molar-refractivity contribution in [3.05, 3.63) is 40.3 Å². The van der Waals surface area contributed by atoms with E-state index in [0.29, 0.717) is 12.0 Å². The molecule has 0 aliphatic heterocycles. The highest BCUT2D eigenvalue weighted by Gasteiger charge is 2.26. The van der Waals surface area contributed by atoms with E-state index in [1.807, 2.05) is 10.6 Å². The van der Waals surface area contributed by atoms with E-state index in [9.17, 15) is 4.79 Å². The molecule has 0 bridgehead atoms. The third kappa shape index (κ3) is 1.75. The van der Waals surface area contributed by atoms with Gasteiger partial charge in [0.2, 0.25) is 0 Å². The van der Waals surface area contributed by atoms with Gasteiger partial charge in [0, 0.05) is 23.2 Å². The molecule has 0 N–H and O–H groups in total. The number of aromatic nitrogens is 2. The molecule has 0 amide bonds. The quantitative estimate of drug-likeness (QED) is 0.792. The molecule has 2 aromatic rings. The van der Waals surface area contributed by atoms with Crippen LogP contribution in [0, 0.1) is 0 Å². The SMILES string of the molecule is CC(C)c1ccc2ccc(=O)n(C3CC3)c2n1. The Balaban J connectivity index is 2.31. The summed E-state index contributed by atoms with van der Waals surface area (Å²) in [5, 5.41) is 1.06. The summed E-state index contributed by atoms with van der Waals surface area (Å²) >= 11 is 0. The molecular formula is C14H16N2O. The Bertz CT molecular complexity index is 624. The highest BCUT2D eigenvalue weighted by Crippen LogP contribution is 2.35. The largest absolute Gasteiger partial charge is 0.290 e. The second-order valence-corrected chi connectivity index (χ2v) is 5.08. The van der Waals surface area contributed by atoms with E-state index in [4.69, 9.17) is 0 Å². The second kappa shape index (κ2) is 3.69. The van der Waals surface area contributed by atoms with E-state index >= 15 is 0 Å². The van der Waals surface area contributed by atoms with Gasteiger partial charge in [0.1, 0.15) is 5.65 Å². The van der Waals surface area contributed by atoms with Crippen molar-refractivity contribution in [3.63, 3.8) is 0 Å². The zero-order chi connectivity index (χ0) is 12.0. The van der Waals surface area contributed by atoms with Crippen LogP contribution in [0.3, 0.4) is 0 Å². The molecule has 2 aromatic heterocycles. The van der Waals surface area contributed by atoms with Crippen LogP contribution < -0.4 is 5.56 Å². The Hall–Kier alpha value is -1.64. The van der Waals surface area contributed by atoms with Crippen LogP contribution in [0.4, 0.5) is 0 Å². The molecule has 1 aliphatic rings. The molecule has 1 aliphatic carbocycles. The average molecular weight is 228 g/mol. The van der Waals surface area contributed by atoms with E-state index < -0.39 is 0 Å². The van der Waals surface area contributed by atoms with Gasteiger partial charge in [0.15, 0.2) is 0 Å². The third-order valence-electron chi connectivity index (χ3n) is 3.30. The topological polar surface area (TPSA) is 34.9 Å². The Morgan fingerprint density at radius 3 is 2.59 bits per heavy atom. The Morgan fingerprint density at radius 1 is 1.24 bits per heavy atom. The minimum absolute atomic E-state index is 0.0772. The van der Waals surface area contributed by atoms with Crippen molar-refractivity contribution in [2.75, 3.05) is 0 Å². The molecule has 2 heterocycles. The van der Waals surface area contributed by atoms with Crippen LogP contribution in [0.2, 0.25) is 0 Å². The van der Waals surface area contributed by atoms with Crippen molar-refractivity contribution in [2.24, 2.45) is 0 Å². The fourth-order valence-corrected chi connectivity index (χ4v) is 2.15. The summed E-state index contributed by atoms with van der Waals surface area (Å²) in [7, 11) is 0. The van der Waals surface area contributed by atoms with Crippen molar-refractivity contribution in [1.82, 2.24) is 9.55 Å². The molecular weight excluding hydrogens is 212 g/mol. The minimum atomic E-state index is 0.0772. The van der Waals surface area contributed by atoms with Crippen molar-refractivity contribution in [2.45, 2.75) is 38.6 Å². The van der Waals surface area contributed by atoms with Gasteiger partial charge >= 0.3 is 0 Å². The molecule has 3 nitrogen and oxygen atoms in total. The van der Waals surface area contributed by atoms with Gasteiger partial charge in [-0.3, -0.25) is 9.36 Å². The maximum Gasteiger partial charge on any atom is 0.252 e. The summed E-state index contributed by atoms with van der Waals surface area (Å²) in [6, 6.07) is 8.01. The number of nitrogens with zero attached hydrogens (tertiary/aromatic N) is 2. The van der Waals surface area contributed by atoms with Crippen molar-refractivity contribution >= 4 is 11.0 Å². The smallest absolute Gasteiger partial charge is 0.252 e. The molecule has 17 heavy (non-hydrogen) atoms. The van der Waals surface area contributed by atoms with E-state index in [0.717, 1.165) is 29.6 Å². The predicted molar refractivity (Wildman–Crippen MR) is 68.4 cm³/mol. The zero-order valence-electron chi connectivity index (χ0n) is 10.2. The van der Waals surface area contributed by atoms with Crippen molar-refractivity contribution in [1.29, 1.82) is 0 Å². The molecule has 0 radical (unpaired) electrons. The number of hydrogen-bond donors (Lipinski definition) is 0. The Morgan fingerprint density at radius 2 is 1.94 bits per heavy atom. The normalized spacial score (nSPS) is 15.7. The molecule has 88 valence electrons. The lowest BCUT2D eigenvalue weighted by molar-refractivity contribution is 0.722. The number of pyridine rings is 2. The van der Waals surface area contributed by atoms with Crippen LogP contribution >= 0.6 is 0 Å². The monoisotopic (exact) mass is 228 g/mol. The van der Waals surface area contributed by atoms with Gasteiger partial charge in [0.05, 0.1) is 0 Å². The fraction of sp³-hybridized carbons (Fsp3) is 0.429. The van der Waals surface area contributed by atoms with E-state index in [-0.39, 0.29) is 5.56 Å². The van der Waals surface area contributed by atoms with E-state index in [2.05, 4.69) is 31.0 Å². The van der Waals surface area contributed by atoms with Gasteiger partial charge in [-0.25, -0.2) is 4.98 Å². The average Bonchev–Trinajstić information content (AvgIpc) is 3.12. The van der Waals surface area contributed by atoms with Gasteiger partial charge in [-0.2, -0.15) is 0 Å². The van der Waals surface area contributed by atoms with Crippen LogP contribution in [-0.2, 0) is 0 Å². The highest BCUT2D eigenvalue weighted by molar-refractivity contribution is 5.75. The maximum absolute atomic E-state index is 11.9. The zero-order valence-corrected chi connectivity index (χ0v) is 10.2. The molecule has 3 rings (SSSR count). The van der Waals surface area contributed by atoms with Gasteiger partial charge < -0.3 is 0 Å². The first kappa shape index (κ1) is 10.5. The maximum atomic E-state index is 11.9. The number of hydrogen-bond acceptors (Lipinski definition) is 2. The van der Waals surface area contributed by atoms with Crippen LogP contribution in [0.15, 0.2) is 29.1 Å². The van der Waals surface area contributed by atoms with Crippen molar-refractivity contribution < 1.29 is 0 Å². The van der Waals surface area contributed by atoms with Crippen molar-refractivity contribution in [3.8, 4) is 0 Å². The lowest BCUT2D eigenvalue weighted by atomic mass is 10.1. The third-order valence-corrected chi connectivity index (χ3v) is 3.30. The molecule has 3 heteroatoms. The summed E-state index contributed by atoms with van der Waals surface area (Å²) in [5.74, 6) is 0.391. The number of rotatable bonds is 2. The standard InChI is InChI=1S/C14H16N2O/c1-9(2)12-7-3-10-4-8-13(17)16(11-5-6-11)14(10)15-12/h3-4,7-9,11H,5-6H2,1-2H3. The molecule has 1 saturated carbocycles. The first-order chi connectivity index (χ1) is 8.16. The summed E-state index contributed by atoms with van der Waals surface area (Å²) in [6.07, 6.45) is 2.21. The highest BCUT2D eigenvalue weighted by atomic mass is 16.1. The lowest BCUT2D eigenvalue weighted by Gasteiger charge is -2.10. The Labute approximate surface area is 100 Å². The van der Waals surface area contributed by atoms with Crippen LogP contribution in [0.5, 0.6) is 0 Å².